The Hall–Kier alpha value is -1.33. The maximum absolute atomic E-state index is 11.1. The van der Waals surface area contributed by atoms with E-state index in [-0.39, 0.29) is 11.9 Å². The number of aryl methyl sites for hydroxylation is 1. The Labute approximate surface area is 135 Å². The monoisotopic (exact) mass is 325 g/mol. The van der Waals surface area contributed by atoms with Crippen molar-refractivity contribution in [2.24, 2.45) is 0 Å². The normalized spacial score (nSPS) is 15.7. The van der Waals surface area contributed by atoms with E-state index in [0.29, 0.717) is 0 Å². The fourth-order valence-electron chi connectivity index (χ4n) is 2.48. The third kappa shape index (κ3) is 4.58. The molecule has 1 fully saturated rings. The van der Waals surface area contributed by atoms with Gasteiger partial charge in [-0.05, 0) is 55.7 Å². The first kappa shape index (κ1) is 16.0. The Morgan fingerprint density at radius 2 is 2.05 bits per heavy atom. The molecule has 0 radical (unpaired) electrons. The molecule has 0 aliphatic carbocycles. The van der Waals surface area contributed by atoms with Crippen LogP contribution in [0, 0.1) is 6.92 Å². The summed E-state index contributed by atoms with van der Waals surface area (Å²) in [7, 11) is 0. The lowest BCUT2D eigenvalue weighted by Crippen LogP contribution is -2.47. The molecule has 0 atom stereocenters. The summed E-state index contributed by atoms with van der Waals surface area (Å²) in [5.74, 6) is 0.0333. The quantitative estimate of drug-likeness (QED) is 0.821. The highest BCUT2D eigenvalue weighted by atomic mass is 35.5. The number of rotatable bonds is 2. The molecule has 21 heavy (non-hydrogen) atoms. The summed E-state index contributed by atoms with van der Waals surface area (Å²) in [6, 6.07) is 5.96. The average Bonchev–Trinajstić information content (AvgIpc) is 2.42. The highest BCUT2D eigenvalue weighted by molar-refractivity contribution is 7.80. The molecule has 1 aliphatic heterocycles. The van der Waals surface area contributed by atoms with Gasteiger partial charge in [0.15, 0.2) is 5.11 Å². The fraction of sp³-hybridized carbons (Fsp3) is 0.467. The molecular formula is C15H20ClN3OS. The molecule has 0 spiro atoms. The van der Waals surface area contributed by atoms with Crippen molar-refractivity contribution in [3.8, 4) is 0 Å². The summed E-state index contributed by atoms with van der Waals surface area (Å²) in [6.07, 6.45) is 1.84. The second kappa shape index (κ2) is 7.09. The molecule has 2 rings (SSSR count). The Morgan fingerprint density at radius 1 is 1.38 bits per heavy atom. The van der Waals surface area contributed by atoms with Gasteiger partial charge in [0.05, 0.1) is 0 Å². The third-order valence-corrected chi connectivity index (χ3v) is 4.21. The number of nitrogens with one attached hydrogen (secondary N) is 2. The minimum absolute atomic E-state index is 0.0333. The van der Waals surface area contributed by atoms with Crippen LogP contribution in [0.25, 0.3) is 0 Å². The van der Waals surface area contributed by atoms with Gasteiger partial charge in [0.2, 0.25) is 5.91 Å². The molecule has 6 heteroatoms. The SMILES string of the molecule is CC(=O)NC1CCN(C(=S)Nc2ccc(Cl)cc2C)CC1. The minimum Gasteiger partial charge on any atom is -0.353 e. The van der Waals surface area contributed by atoms with E-state index in [9.17, 15) is 4.79 Å². The van der Waals surface area contributed by atoms with Crippen LogP contribution in [0.5, 0.6) is 0 Å². The van der Waals surface area contributed by atoms with Crippen LogP contribution < -0.4 is 10.6 Å². The number of carbonyl (C=O) groups excluding carboxylic acids is 1. The molecule has 114 valence electrons. The zero-order chi connectivity index (χ0) is 15.4. The molecule has 0 saturated carbocycles. The summed E-state index contributed by atoms with van der Waals surface area (Å²) in [5, 5.41) is 7.68. The minimum atomic E-state index is 0.0333. The van der Waals surface area contributed by atoms with Crippen LogP contribution in [-0.4, -0.2) is 35.1 Å². The number of nitrogens with zero attached hydrogens (tertiary/aromatic N) is 1. The number of thiocarbonyl (C=S) groups is 1. The lowest BCUT2D eigenvalue weighted by Gasteiger charge is -2.34. The number of carbonyl (C=O) groups is 1. The summed E-state index contributed by atoms with van der Waals surface area (Å²) in [4.78, 5) is 13.2. The van der Waals surface area contributed by atoms with E-state index in [2.05, 4.69) is 15.5 Å². The number of hydrogen-bond donors (Lipinski definition) is 2. The molecule has 1 aliphatic rings. The van der Waals surface area contributed by atoms with Crippen molar-refractivity contribution in [3.63, 3.8) is 0 Å². The van der Waals surface area contributed by atoms with E-state index < -0.39 is 0 Å². The molecular weight excluding hydrogens is 306 g/mol. The van der Waals surface area contributed by atoms with Gasteiger partial charge in [-0.15, -0.1) is 0 Å². The van der Waals surface area contributed by atoms with Gasteiger partial charge < -0.3 is 15.5 Å². The van der Waals surface area contributed by atoms with E-state index in [1.807, 2.05) is 25.1 Å². The second-order valence-electron chi connectivity index (χ2n) is 5.35. The van der Waals surface area contributed by atoms with Gasteiger partial charge in [0.25, 0.3) is 0 Å². The largest absolute Gasteiger partial charge is 0.353 e. The van der Waals surface area contributed by atoms with Gasteiger partial charge in [0.1, 0.15) is 0 Å². The van der Waals surface area contributed by atoms with Crippen LogP contribution in [0.2, 0.25) is 5.02 Å². The predicted octanol–water partition coefficient (Wildman–Crippen LogP) is 2.95. The number of halogens is 1. The van der Waals surface area contributed by atoms with Gasteiger partial charge in [0, 0.05) is 36.8 Å². The van der Waals surface area contributed by atoms with Gasteiger partial charge >= 0.3 is 0 Å². The van der Waals surface area contributed by atoms with Crippen molar-refractivity contribution in [1.82, 2.24) is 10.2 Å². The van der Waals surface area contributed by atoms with Gasteiger partial charge in [-0.2, -0.15) is 0 Å². The molecule has 1 aromatic carbocycles. The van der Waals surface area contributed by atoms with Crippen molar-refractivity contribution in [2.75, 3.05) is 18.4 Å². The first-order chi connectivity index (χ1) is 9.95. The van der Waals surface area contributed by atoms with E-state index in [0.717, 1.165) is 47.3 Å². The van der Waals surface area contributed by atoms with Gasteiger partial charge in [-0.3, -0.25) is 4.79 Å². The molecule has 0 aromatic heterocycles. The lowest BCUT2D eigenvalue weighted by molar-refractivity contribution is -0.119. The standard InChI is InChI=1S/C15H20ClN3OS/c1-10-9-12(16)3-4-14(10)18-15(21)19-7-5-13(6-8-19)17-11(2)20/h3-4,9,13H,5-8H2,1-2H3,(H,17,20)(H,18,21). The smallest absolute Gasteiger partial charge is 0.217 e. The van der Waals surface area contributed by atoms with Crippen molar-refractivity contribution >= 4 is 40.5 Å². The van der Waals surface area contributed by atoms with Crippen LogP contribution in [0.3, 0.4) is 0 Å². The van der Waals surface area contributed by atoms with Crippen LogP contribution >= 0.6 is 23.8 Å². The zero-order valence-electron chi connectivity index (χ0n) is 12.3. The van der Waals surface area contributed by atoms with E-state index in [4.69, 9.17) is 23.8 Å². The number of piperidine rings is 1. The summed E-state index contributed by atoms with van der Waals surface area (Å²) >= 11 is 11.4. The lowest BCUT2D eigenvalue weighted by atomic mass is 10.1. The Bertz CT molecular complexity index is 542. The topological polar surface area (TPSA) is 44.4 Å². The number of likely N-dealkylation sites (tertiary alicyclic amines) is 1. The summed E-state index contributed by atoms with van der Waals surface area (Å²) < 4.78 is 0. The third-order valence-electron chi connectivity index (χ3n) is 3.62. The fourth-order valence-corrected chi connectivity index (χ4v) is 3.00. The maximum Gasteiger partial charge on any atom is 0.217 e. The summed E-state index contributed by atoms with van der Waals surface area (Å²) in [6.45, 7) is 5.26. The van der Waals surface area contributed by atoms with Crippen molar-refractivity contribution in [2.45, 2.75) is 32.7 Å². The molecule has 1 saturated heterocycles. The molecule has 1 aromatic rings. The molecule has 1 heterocycles. The average molecular weight is 326 g/mol. The Morgan fingerprint density at radius 3 is 2.62 bits per heavy atom. The van der Waals surface area contributed by atoms with Gasteiger partial charge in [-0.25, -0.2) is 0 Å². The van der Waals surface area contributed by atoms with Crippen molar-refractivity contribution in [1.29, 1.82) is 0 Å². The number of anilines is 1. The van der Waals surface area contributed by atoms with E-state index in [1.165, 1.54) is 0 Å². The first-order valence-electron chi connectivity index (χ1n) is 7.05. The molecule has 0 unspecified atom stereocenters. The summed E-state index contributed by atoms with van der Waals surface area (Å²) in [5.41, 5.74) is 2.05. The molecule has 0 bridgehead atoms. The number of benzene rings is 1. The van der Waals surface area contributed by atoms with Crippen LogP contribution in [-0.2, 0) is 4.79 Å². The molecule has 2 N–H and O–H groups in total. The Balaban J connectivity index is 1.89. The predicted molar refractivity (Wildman–Crippen MR) is 90.8 cm³/mol. The van der Waals surface area contributed by atoms with Crippen LogP contribution in [0.15, 0.2) is 18.2 Å². The van der Waals surface area contributed by atoms with Crippen LogP contribution in [0.4, 0.5) is 5.69 Å². The second-order valence-corrected chi connectivity index (χ2v) is 6.17. The van der Waals surface area contributed by atoms with Crippen molar-refractivity contribution < 1.29 is 4.79 Å². The highest BCUT2D eigenvalue weighted by Gasteiger charge is 2.21. The van der Waals surface area contributed by atoms with Crippen molar-refractivity contribution in [3.05, 3.63) is 28.8 Å². The zero-order valence-corrected chi connectivity index (χ0v) is 13.9. The molecule has 1 amide bonds. The maximum atomic E-state index is 11.1. The number of amides is 1. The van der Waals surface area contributed by atoms with E-state index >= 15 is 0 Å². The van der Waals surface area contributed by atoms with Gasteiger partial charge in [-0.1, -0.05) is 11.6 Å². The number of hydrogen-bond acceptors (Lipinski definition) is 2. The first-order valence-corrected chi connectivity index (χ1v) is 7.83. The van der Waals surface area contributed by atoms with Crippen LogP contribution in [0.1, 0.15) is 25.3 Å². The Kier molecular flexibility index (Phi) is 5.42. The molecule has 4 nitrogen and oxygen atoms in total. The van der Waals surface area contributed by atoms with E-state index in [1.54, 1.807) is 6.92 Å². The highest BCUT2D eigenvalue weighted by Crippen LogP contribution is 2.20.